The Morgan fingerprint density at radius 3 is 3.11 bits per heavy atom. The Kier molecular flexibility index (Phi) is 3.04. The minimum absolute atomic E-state index is 0.744. The number of rotatable bonds is 4. The highest BCUT2D eigenvalue weighted by Gasteiger charge is 2.06. The van der Waals surface area contributed by atoms with Gasteiger partial charge in [0, 0.05) is 13.0 Å². The molecular weight excluding hydrogens is 260 g/mol. The molecule has 0 amide bonds. The van der Waals surface area contributed by atoms with Crippen LogP contribution in [0.25, 0.3) is 10.2 Å². The van der Waals surface area contributed by atoms with Crippen LogP contribution in [0.1, 0.15) is 10.8 Å². The normalized spacial score (nSPS) is 11.0. The van der Waals surface area contributed by atoms with E-state index in [-0.39, 0.29) is 0 Å². The average Bonchev–Trinajstić information content (AvgIpc) is 2.98. The summed E-state index contributed by atoms with van der Waals surface area (Å²) in [5.74, 6) is 0.858. The van der Waals surface area contributed by atoms with Crippen LogP contribution in [0.4, 0.5) is 11.4 Å². The second-order valence-corrected chi connectivity index (χ2v) is 5.48. The van der Waals surface area contributed by atoms with E-state index in [1.165, 1.54) is 6.33 Å². The monoisotopic (exact) mass is 274 g/mol. The third kappa shape index (κ3) is 2.50. The van der Waals surface area contributed by atoms with Crippen molar-refractivity contribution in [3.05, 3.63) is 29.3 Å². The highest BCUT2D eigenvalue weighted by atomic mass is 32.1. The first-order valence-corrected chi connectivity index (χ1v) is 6.79. The first kappa shape index (κ1) is 11.9. The van der Waals surface area contributed by atoms with Gasteiger partial charge in [-0.25, -0.2) is 9.97 Å². The molecule has 0 fully saturated rings. The molecule has 2 heterocycles. The fourth-order valence-electron chi connectivity index (χ4n) is 1.92. The van der Waals surface area contributed by atoms with E-state index in [9.17, 15) is 0 Å². The molecule has 0 saturated carbocycles. The largest absolute Gasteiger partial charge is 0.397 e. The van der Waals surface area contributed by atoms with Crippen molar-refractivity contribution >= 4 is 32.9 Å². The number of nitrogen functional groups attached to an aromatic ring is 1. The van der Waals surface area contributed by atoms with Gasteiger partial charge >= 0.3 is 0 Å². The van der Waals surface area contributed by atoms with E-state index in [4.69, 9.17) is 5.73 Å². The van der Waals surface area contributed by atoms with E-state index < -0.39 is 0 Å². The van der Waals surface area contributed by atoms with Crippen LogP contribution in [0.2, 0.25) is 0 Å². The molecule has 0 atom stereocenters. The number of aromatic nitrogens is 4. The molecule has 0 aliphatic heterocycles. The first-order valence-electron chi connectivity index (χ1n) is 5.97. The van der Waals surface area contributed by atoms with Crippen molar-refractivity contribution in [3.63, 3.8) is 0 Å². The van der Waals surface area contributed by atoms with E-state index in [1.54, 1.807) is 11.3 Å². The molecule has 19 heavy (non-hydrogen) atoms. The number of aromatic amines is 1. The number of nitrogens with one attached hydrogen (secondary N) is 2. The number of nitrogens with zero attached hydrogens (tertiary/aromatic N) is 3. The Morgan fingerprint density at radius 2 is 2.32 bits per heavy atom. The highest BCUT2D eigenvalue weighted by molar-refractivity contribution is 7.18. The number of hydrogen-bond acceptors (Lipinski definition) is 6. The van der Waals surface area contributed by atoms with Gasteiger partial charge in [-0.1, -0.05) is 0 Å². The molecule has 0 aliphatic carbocycles. The Labute approximate surface area is 114 Å². The molecule has 98 valence electrons. The molecule has 3 rings (SSSR count). The van der Waals surface area contributed by atoms with Crippen molar-refractivity contribution in [2.75, 3.05) is 17.6 Å². The number of thiazole rings is 1. The van der Waals surface area contributed by atoms with Crippen LogP contribution in [0.15, 0.2) is 18.5 Å². The Bertz CT molecular complexity index is 688. The molecular formula is C12H14N6S. The third-order valence-corrected chi connectivity index (χ3v) is 3.74. The number of nitrogens with two attached hydrogens (primary N) is 1. The molecule has 0 unspecified atom stereocenters. The lowest BCUT2D eigenvalue weighted by molar-refractivity contribution is 0.901. The molecule has 1 aromatic carbocycles. The molecule has 2 aromatic heterocycles. The summed E-state index contributed by atoms with van der Waals surface area (Å²) in [6.45, 7) is 2.74. The maximum absolute atomic E-state index is 6.04. The molecule has 0 radical (unpaired) electrons. The fraction of sp³-hybridized carbons (Fsp3) is 0.250. The van der Waals surface area contributed by atoms with Crippen LogP contribution < -0.4 is 11.1 Å². The fourth-order valence-corrected chi connectivity index (χ4v) is 2.78. The zero-order valence-corrected chi connectivity index (χ0v) is 11.3. The summed E-state index contributed by atoms with van der Waals surface area (Å²) in [7, 11) is 0. The smallest absolute Gasteiger partial charge is 0.137 e. The van der Waals surface area contributed by atoms with Crippen LogP contribution in [0.3, 0.4) is 0 Å². The topological polar surface area (TPSA) is 92.5 Å². The van der Waals surface area contributed by atoms with E-state index in [2.05, 4.69) is 25.5 Å². The number of anilines is 2. The summed E-state index contributed by atoms with van der Waals surface area (Å²) in [5.41, 5.74) is 8.68. The zero-order valence-electron chi connectivity index (χ0n) is 10.5. The minimum atomic E-state index is 0.744. The van der Waals surface area contributed by atoms with E-state index in [0.717, 1.165) is 45.4 Å². The minimum Gasteiger partial charge on any atom is -0.397 e. The van der Waals surface area contributed by atoms with Gasteiger partial charge in [-0.15, -0.1) is 11.3 Å². The summed E-state index contributed by atoms with van der Waals surface area (Å²) in [5, 5.41) is 11.0. The molecule has 0 bridgehead atoms. The van der Waals surface area contributed by atoms with Crippen molar-refractivity contribution in [3.8, 4) is 0 Å². The second kappa shape index (κ2) is 4.85. The maximum Gasteiger partial charge on any atom is 0.137 e. The molecule has 0 saturated heterocycles. The Morgan fingerprint density at radius 1 is 1.42 bits per heavy atom. The van der Waals surface area contributed by atoms with Crippen LogP contribution >= 0.6 is 11.3 Å². The molecule has 4 N–H and O–H groups in total. The van der Waals surface area contributed by atoms with Crippen LogP contribution in [-0.2, 0) is 6.42 Å². The predicted molar refractivity (Wildman–Crippen MR) is 77.3 cm³/mol. The number of benzene rings is 1. The van der Waals surface area contributed by atoms with E-state index >= 15 is 0 Å². The van der Waals surface area contributed by atoms with Gasteiger partial charge in [-0.2, -0.15) is 5.10 Å². The average molecular weight is 274 g/mol. The summed E-state index contributed by atoms with van der Waals surface area (Å²) in [6.07, 6.45) is 2.28. The molecule has 7 heteroatoms. The predicted octanol–water partition coefficient (Wildman–Crippen LogP) is 1.96. The zero-order chi connectivity index (χ0) is 13.2. The maximum atomic E-state index is 6.04. The highest BCUT2D eigenvalue weighted by Crippen LogP contribution is 2.29. The standard InChI is InChI=1S/C12H14N6S/c1-7-17-10-5-9(8(13)4-11(10)19-7)14-3-2-12-15-6-16-18-12/h4-6,14H,2-3,13H2,1H3,(H,15,16,18). The first-order chi connectivity index (χ1) is 9.22. The van der Waals surface area contributed by atoms with Crippen molar-refractivity contribution in [1.82, 2.24) is 20.2 Å². The summed E-state index contributed by atoms with van der Waals surface area (Å²) in [4.78, 5) is 8.54. The van der Waals surface area contributed by atoms with Gasteiger partial charge in [0.05, 0.1) is 26.6 Å². The van der Waals surface area contributed by atoms with Gasteiger partial charge < -0.3 is 11.1 Å². The number of fused-ring (bicyclic) bond motifs is 1. The number of hydrogen-bond donors (Lipinski definition) is 3. The second-order valence-electron chi connectivity index (χ2n) is 4.25. The van der Waals surface area contributed by atoms with Gasteiger partial charge in [0.25, 0.3) is 0 Å². The van der Waals surface area contributed by atoms with Crippen LogP contribution in [0.5, 0.6) is 0 Å². The van der Waals surface area contributed by atoms with Crippen molar-refractivity contribution in [1.29, 1.82) is 0 Å². The lowest BCUT2D eigenvalue weighted by atomic mass is 10.2. The summed E-state index contributed by atoms with van der Waals surface area (Å²) >= 11 is 1.65. The molecule has 3 aromatic rings. The van der Waals surface area contributed by atoms with Gasteiger partial charge in [0.2, 0.25) is 0 Å². The Hall–Kier alpha value is -2.15. The molecule has 6 nitrogen and oxygen atoms in total. The van der Waals surface area contributed by atoms with Crippen molar-refractivity contribution in [2.24, 2.45) is 0 Å². The molecule has 0 spiro atoms. The summed E-state index contributed by atoms with van der Waals surface area (Å²) < 4.78 is 1.12. The Balaban J connectivity index is 1.74. The lowest BCUT2D eigenvalue weighted by Gasteiger charge is -2.08. The van der Waals surface area contributed by atoms with Crippen molar-refractivity contribution in [2.45, 2.75) is 13.3 Å². The van der Waals surface area contributed by atoms with Crippen LogP contribution in [0, 0.1) is 6.92 Å². The van der Waals surface area contributed by atoms with Gasteiger partial charge in [-0.05, 0) is 19.1 Å². The summed E-state index contributed by atoms with van der Waals surface area (Å²) in [6, 6.07) is 3.96. The third-order valence-electron chi connectivity index (χ3n) is 2.81. The lowest BCUT2D eigenvalue weighted by Crippen LogP contribution is -2.07. The van der Waals surface area contributed by atoms with Gasteiger partial charge in [-0.3, -0.25) is 5.10 Å². The van der Waals surface area contributed by atoms with Crippen molar-refractivity contribution < 1.29 is 0 Å². The SMILES string of the molecule is Cc1nc2cc(NCCc3ncn[nH]3)c(N)cc2s1. The van der Waals surface area contributed by atoms with Gasteiger partial charge in [0.1, 0.15) is 12.2 Å². The van der Waals surface area contributed by atoms with E-state index in [1.807, 2.05) is 19.1 Å². The molecule has 0 aliphatic rings. The van der Waals surface area contributed by atoms with Gasteiger partial charge in [0.15, 0.2) is 0 Å². The number of aryl methyl sites for hydroxylation is 1. The van der Waals surface area contributed by atoms with Crippen LogP contribution in [-0.4, -0.2) is 26.7 Å². The quantitative estimate of drug-likeness (QED) is 0.632. The van der Waals surface area contributed by atoms with E-state index in [0.29, 0.717) is 0 Å². The number of H-pyrrole nitrogens is 1.